The van der Waals surface area contributed by atoms with Crippen molar-refractivity contribution in [3.8, 4) is 0 Å². The second kappa shape index (κ2) is 6.23. The Morgan fingerprint density at radius 1 is 1.29 bits per heavy atom. The maximum absolute atomic E-state index is 12.4. The Kier molecular flexibility index (Phi) is 4.52. The van der Waals surface area contributed by atoms with Crippen LogP contribution in [0.1, 0.15) is 39.0 Å². The molecule has 3 atom stereocenters. The van der Waals surface area contributed by atoms with Crippen LogP contribution in [0.3, 0.4) is 0 Å². The molecular formula is C16H28N2O3. The number of rotatable bonds is 2. The summed E-state index contributed by atoms with van der Waals surface area (Å²) in [7, 11) is 0. The van der Waals surface area contributed by atoms with Gasteiger partial charge >= 0.3 is 0 Å². The fourth-order valence-corrected chi connectivity index (χ4v) is 4.12. The van der Waals surface area contributed by atoms with Crippen LogP contribution in [0, 0.1) is 5.92 Å². The first-order valence-corrected chi connectivity index (χ1v) is 8.41. The summed E-state index contributed by atoms with van der Waals surface area (Å²) in [5.41, 5.74) is -0.453. The van der Waals surface area contributed by atoms with E-state index in [1.807, 2.05) is 11.8 Å². The van der Waals surface area contributed by atoms with E-state index in [1.54, 1.807) is 0 Å². The maximum Gasteiger partial charge on any atom is 0.236 e. The fourth-order valence-electron chi connectivity index (χ4n) is 4.12. The van der Waals surface area contributed by atoms with Crippen LogP contribution in [-0.2, 0) is 9.53 Å². The van der Waals surface area contributed by atoms with Gasteiger partial charge in [-0.2, -0.15) is 0 Å². The number of hydrogen-bond donors (Lipinski definition) is 1. The molecule has 2 saturated heterocycles. The van der Waals surface area contributed by atoms with Gasteiger partial charge in [-0.15, -0.1) is 0 Å². The highest BCUT2D eigenvalue weighted by atomic mass is 16.5. The Labute approximate surface area is 127 Å². The molecule has 3 unspecified atom stereocenters. The van der Waals surface area contributed by atoms with E-state index >= 15 is 0 Å². The average molecular weight is 296 g/mol. The van der Waals surface area contributed by atoms with Crippen LogP contribution in [0.15, 0.2) is 0 Å². The minimum atomic E-state index is -0.453. The van der Waals surface area contributed by atoms with Gasteiger partial charge in [0.25, 0.3) is 0 Å². The standard InChI is InChI=1S/C16H28N2O3/c1-13-10-18(8-9-21-13)15(19)12-17-7-6-16(20)5-3-2-4-14(16)11-17/h13-14,20H,2-12H2,1H3. The molecule has 5 nitrogen and oxygen atoms in total. The van der Waals surface area contributed by atoms with Gasteiger partial charge in [0.1, 0.15) is 0 Å². The van der Waals surface area contributed by atoms with Gasteiger partial charge < -0.3 is 14.7 Å². The molecule has 120 valence electrons. The quantitative estimate of drug-likeness (QED) is 0.821. The number of aliphatic hydroxyl groups is 1. The molecule has 1 saturated carbocycles. The van der Waals surface area contributed by atoms with Crippen molar-refractivity contribution >= 4 is 5.91 Å². The number of carbonyl (C=O) groups excluding carboxylic acids is 1. The Bertz CT molecular complexity index is 390. The average Bonchev–Trinajstić information content (AvgIpc) is 2.47. The number of hydrogen-bond acceptors (Lipinski definition) is 4. The Hall–Kier alpha value is -0.650. The fraction of sp³-hybridized carbons (Fsp3) is 0.938. The lowest BCUT2D eigenvalue weighted by atomic mass is 9.71. The van der Waals surface area contributed by atoms with Crippen molar-refractivity contribution < 1.29 is 14.6 Å². The van der Waals surface area contributed by atoms with Gasteiger partial charge in [0.05, 0.1) is 24.9 Å². The van der Waals surface area contributed by atoms with Crippen molar-refractivity contribution in [3.05, 3.63) is 0 Å². The monoisotopic (exact) mass is 296 g/mol. The number of piperidine rings is 1. The molecule has 1 aliphatic carbocycles. The van der Waals surface area contributed by atoms with Gasteiger partial charge in [0.2, 0.25) is 5.91 Å². The smallest absolute Gasteiger partial charge is 0.236 e. The molecule has 0 aromatic heterocycles. The topological polar surface area (TPSA) is 53.0 Å². The summed E-state index contributed by atoms with van der Waals surface area (Å²) in [6.45, 7) is 6.31. The number of morpholine rings is 1. The molecule has 1 N–H and O–H groups in total. The van der Waals surface area contributed by atoms with Crippen molar-refractivity contribution in [3.63, 3.8) is 0 Å². The van der Waals surface area contributed by atoms with E-state index in [0.29, 0.717) is 32.2 Å². The van der Waals surface area contributed by atoms with Crippen molar-refractivity contribution in [2.75, 3.05) is 39.3 Å². The minimum absolute atomic E-state index is 0.146. The molecule has 1 amide bonds. The predicted octanol–water partition coefficient (Wildman–Crippen LogP) is 0.861. The van der Waals surface area contributed by atoms with E-state index in [4.69, 9.17) is 4.74 Å². The third kappa shape index (κ3) is 3.41. The highest BCUT2D eigenvalue weighted by molar-refractivity contribution is 5.78. The number of fused-ring (bicyclic) bond motifs is 1. The van der Waals surface area contributed by atoms with Crippen LogP contribution in [-0.4, -0.2) is 71.8 Å². The highest BCUT2D eigenvalue weighted by Gasteiger charge is 2.43. The molecule has 2 heterocycles. The normalized spacial score (nSPS) is 38.1. The first kappa shape index (κ1) is 15.3. The lowest BCUT2D eigenvalue weighted by Crippen LogP contribution is -2.56. The number of nitrogens with zero attached hydrogens (tertiary/aromatic N) is 2. The van der Waals surface area contributed by atoms with Gasteiger partial charge in [0.15, 0.2) is 0 Å². The number of carbonyl (C=O) groups is 1. The van der Waals surface area contributed by atoms with E-state index in [-0.39, 0.29) is 12.0 Å². The van der Waals surface area contributed by atoms with Crippen LogP contribution in [0.25, 0.3) is 0 Å². The van der Waals surface area contributed by atoms with E-state index in [0.717, 1.165) is 38.8 Å². The summed E-state index contributed by atoms with van der Waals surface area (Å²) in [4.78, 5) is 16.6. The molecule has 0 spiro atoms. The van der Waals surface area contributed by atoms with Gasteiger partial charge in [-0.1, -0.05) is 12.8 Å². The molecule has 2 aliphatic heterocycles. The molecular weight excluding hydrogens is 268 g/mol. The largest absolute Gasteiger partial charge is 0.390 e. The Morgan fingerprint density at radius 3 is 2.95 bits per heavy atom. The highest BCUT2D eigenvalue weighted by Crippen LogP contribution is 2.39. The lowest BCUT2D eigenvalue weighted by Gasteiger charge is -2.47. The summed E-state index contributed by atoms with van der Waals surface area (Å²) in [5.74, 6) is 0.572. The van der Waals surface area contributed by atoms with Crippen molar-refractivity contribution in [2.24, 2.45) is 5.92 Å². The van der Waals surface area contributed by atoms with E-state index in [2.05, 4.69) is 4.90 Å². The van der Waals surface area contributed by atoms with E-state index in [9.17, 15) is 9.90 Å². The predicted molar refractivity (Wildman–Crippen MR) is 80.0 cm³/mol. The third-order valence-electron chi connectivity index (χ3n) is 5.46. The Balaban J connectivity index is 1.53. The number of amides is 1. The summed E-state index contributed by atoms with van der Waals surface area (Å²) < 4.78 is 5.49. The molecule has 0 aromatic carbocycles. The second-order valence-electron chi connectivity index (χ2n) is 7.05. The van der Waals surface area contributed by atoms with E-state index < -0.39 is 5.60 Å². The molecule has 21 heavy (non-hydrogen) atoms. The summed E-state index contributed by atoms with van der Waals surface area (Å²) in [5, 5.41) is 10.7. The molecule has 3 aliphatic rings. The Morgan fingerprint density at radius 2 is 2.14 bits per heavy atom. The maximum atomic E-state index is 12.4. The molecule has 0 bridgehead atoms. The van der Waals surface area contributed by atoms with Gasteiger partial charge in [-0.3, -0.25) is 9.69 Å². The summed E-state index contributed by atoms with van der Waals surface area (Å²) in [6.07, 6.45) is 5.39. The van der Waals surface area contributed by atoms with Crippen LogP contribution in [0.5, 0.6) is 0 Å². The third-order valence-corrected chi connectivity index (χ3v) is 5.46. The summed E-state index contributed by atoms with van der Waals surface area (Å²) >= 11 is 0. The van der Waals surface area contributed by atoms with Crippen molar-refractivity contribution in [1.29, 1.82) is 0 Å². The lowest BCUT2D eigenvalue weighted by molar-refractivity contribution is -0.143. The SMILES string of the molecule is CC1CN(C(=O)CN2CCC3(O)CCCCC3C2)CCO1. The zero-order chi connectivity index (χ0) is 14.9. The van der Waals surface area contributed by atoms with E-state index in [1.165, 1.54) is 6.42 Å². The number of likely N-dealkylation sites (tertiary alicyclic amines) is 1. The van der Waals surface area contributed by atoms with Crippen LogP contribution >= 0.6 is 0 Å². The van der Waals surface area contributed by atoms with Crippen LogP contribution in [0.2, 0.25) is 0 Å². The molecule has 3 fully saturated rings. The second-order valence-corrected chi connectivity index (χ2v) is 7.05. The van der Waals surface area contributed by atoms with Crippen molar-refractivity contribution in [2.45, 2.75) is 50.7 Å². The zero-order valence-electron chi connectivity index (χ0n) is 13.1. The van der Waals surface area contributed by atoms with Crippen LogP contribution < -0.4 is 0 Å². The van der Waals surface area contributed by atoms with Gasteiger partial charge in [-0.05, 0) is 26.2 Å². The molecule has 0 aromatic rings. The molecule has 0 radical (unpaired) electrons. The number of ether oxygens (including phenoxy) is 1. The minimum Gasteiger partial charge on any atom is -0.390 e. The first-order valence-electron chi connectivity index (χ1n) is 8.41. The first-order chi connectivity index (χ1) is 10.1. The van der Waals surface area contributed by atoms with Gasteiger partial charge in [0, 0.05) is 32.1 Å². The zero-order valence-corrected chi connectivity index (χ0v) is 13.1. The molecule has 5 heteroatoms. The van der Waals surface area contributed by atoms with Crippen LogP contribution in [0.4, 0.5) is 0 Å². The summed E-state index contributed by atoms with van der Waals surface area (Å²) in [6, 6.07) is 0. The molecule has 3 rings (SSSR count). The van der Waals surface area contributed by atoms with Crippen molar-refractivity contribution in [1.82, 2.24) is 9.80 Å². The van der Waals surface area contributed by atoms with Gasteiger partial charge in [-0.25, -0.2) is 0 Å².